The summed E-state index contributed by atoms with van der Waals surface area (Å²) in [5.41, 5.74) is 3.56. The summed E-state index contributed by atoms with van der Waals surface area (Å²) >= 11 is 0. The molecule has 2 heterocycles. The molecule has 118 valence electrons. The van der Waals surface area contributed by atoms with Crippen LogP contribution < -0.4 is 0 Å². The Morgan fingerprint density at radius 1 is 1.33 bits per heavy atom. The number of ketones is 1. The van der Waals surface area contributed by atoms with E-state index in [4.69, 9.17) is 0 Å². The smallest absolute Gasteiger partial charge is 0.178 e. The zero-order chi connectivity index (χ0) is 15.8. The van der Waals surface area contributed by atoms with E-state index in [0.717, 1.165) is 30.9 Å². The van der Waals surface area contributed by atoms with Gasteiger partial charge in [0, 0.05) is 30.0 Å². The third kappa shape index (κ3) is 3.39. The number of carbonyl (C=O) groups excluding carboxylic acids is 1. The number of hydrogen-bond donors (Lipinski definition) is 0. The third-order valence-electron chi connectivity index (χ3n) is 5.05. The van der Waals surface area contributed by atoms with E-state index in [2.05, 4.69) is 57.1 Å². The monoisotopic (exact) mass is 290 g/mol. The zero-order valence-electron chi connectivity index (χ0n) is 14.5. The predicted octanol–water partition coefficient (Wildman–Crippen LogP) is 3.68. The van der Waals surface area contributed by atoms with Crippen molar-refractivity contribution >= 4 is 5.78 Å². The summed E-state index contributed by atoms with van der Waals surface area (Å²) in [6.07, 6.45) is 1.21. The van der Waals surface area contributed by atoms with Crippen LogP contribution in [-0.4, -0.2) is 34.9 Å². The Morgan fingerprint density at radius 3 is 2.48 bits per heavy atom. The summed E-state index contributed by atoms with van der Waals surface area (Å²) in [6.45, 7) is 16.8. The fraction of sp³-hybridized carbons (Fsp3) is 0.722. The maximum Gasteiger partial charge on any atom is 0.178 e. The number of aromatic nitrogens is 1. The molecule has 1 aliphatic rings. The highest BCUT2D eigenvalue weighted by Crippen LogP contribution is 2.33. The van der Waals surface area contributed by atoms with Gasteiger partial charge in [-0.25, -0.2) is 0 Å². The zero-order valence-corrected chi connectivity index (χ0v) is 14.5. The van der Waals surface area contributed by atoms with Crippen molar-refractivity contribution in [1.82, 2.24) is 9.47 Å². The summed E-state index contributed by atoms with van der Waals surface area (Å²) in [7, 11) is 0. The molecule has 1 fully saturated rings. The molecule has 0 N–H and O–H groups in total. The van der Waals surface area contributed by atoms with Crippen LogP contribution in [-0.2, 0) is 6.54 Å². The Balaban J connectivity index is 2.03. The highest BCUT2D eigenvalue weighted by atomic mass is 16.1. The van der Waals surface area contributed by atoms with Crippen LogP contribution in [0.15, 0.2) is 6.07 Å². The molecule has 0 saturated carbocycles. The minimum Gasteiger partial charge on any atom is -0.349 e. The second-order valence-corrected chi connectivity index (χ2v) is 7.54. The Bertz CT molecular complexity index is 522. The SMILES string of the molecule is CCn1c(C)cc(C(=O)CN2CCC(C(C)(C)C)C2)c1C. The second-order valence-electron chi connectivity index (χ2n) is 7.54. The van der Waals surface area contributed by atoms with E-state index in [9.17, 15) is 4.79 Å². The van der Waals surface area contributed by atoms with Crippen LogP contribution in [0.3, 0.4) is 0 Å². The highest BCUT2D eigenvalue weighted by molar-refractivity contribution is 5.99. The van der Waals surface area contributed by atoms with Crippen LogP contribution in [0.1, 0.15) is 55.9 Å². The van der Waals surface area contributed by atoms with Gasteiger partial charge in [-0.05, 0) is 51.1 Å². The van der Waals surface area contributed by atoms with Crippen molar-refractivity contribution in [3.8, 4) is 0 Å². The maximum atomic E-state index is 12.6. The summed E-state index contributed by atoms with van der Waals surface area (Å²) in [5, 5.41) is 0. The van der Waals surface area contributed by atoms with Gasteiger partial charge in [-0.3, -0.25) is 9.69 Å². The topological polar surface area (TPSA) is 25.2 Å². The molecule has 0 radical (unpaired) electrons. The summed E-state index contributed by atoms with van der Waals surface area (Å²) in [5.74, 6) is 0.978. The van der Waals surface area contributed by atoms with E-state index in [-0.39, 0.29) is 5.78 Å². The molecule has 0 aliphatic carbocycles. The van der Waals surface area contributed by atoms with Gasteiger partial charge in [-0.15, -0.1) is 0 Å². The molecule has 1 saturated heterocycles. The van der Waals surface area contributed by atoms with Gasteiger partial charge in [0.15, 0.2) is 5.78 Å². The third-order valence-corrected chi connectivity index (χ3v) is 5.05. The molecule has 1 aromatic rings. The average molecular weight is 290 g/mol. The Hall–Kier alpha value is -1.09. The molecule has 2 rings (SSSR count). The van der Waals surface area contributed by atoms with Gasteiger partial charge in [0.25, 0.3) is 0 Å². The van der Waals surface area contributed by atoms with Crippen molar-refractivity contribution in [3.05, 3.63) is 23.0 Å². The van der Waals surface area contributed by atoms with Crippen LogP contribution in [0.4, 0.5) is 0 Å². The number of rotatable bonds is 4. The average Bonchev–Trinajstić information content (AvgIpc) is 2.94. The second kappa shape index (κ2) is 5.96. The van der Waals surface area contributed by atoms with E-state index in [1.54, 1.807) is 0 Å². The summed E-state index contributed by atoms with van der Waals surface area (Å²) < 4.78 is 2.22. The van der Waals surface area contributed by atoms with E-state index < -0.39 is 0 Å². The minimum absolute atomic E-state index is 0.275. The van der Waals surface area contributed by atoms with Crippen molar-refractivity contribution in [1.29, 1.82) is 0 Å². The fourth-order valence-corrected chi connectivity index (χ4v) is 3.54. The van der Waals surface area contributed by atoms with Gasteiger partial charge < -0.3 is 4.57 Å². The Morgan fingerprint density at radius 2 is 2.00 bits per heavy atom. The largest absolute Gasteiger partial charge is 0.349 e. The van der Waals surface area contributed by atoms with Gasteiger partial charge in [-0.2, -0.15) is 0 Å². The molecular weight excluding hydrogens is 260 g/mol. The van der Waals surface area contributed by atoms with Crippen LogP contribution >= 0.6 is 0 Å². The molecular formula is C18H30N2O. The predicted molar refractivity (Wildman–Crippen MR) is 87.9 cm³/mol. The first-order chi connectivity index (χ1) is 9.74. The quantitative estimate of drug-likeness (QED) is 0.790. The van der Waals surface area contributed by atoms with Crippen molar-refractivity contribution in [3.63, 3.8) is 0 Å². The van der Waals surface area contributed by atoms with Gasteiger partial charge in [-0.1, -0.05) is 20.8 Å². The van der Waals surface area contributed by atoms with E-state index in [1.165, 1.54) is 12.1 Å². The van der Waals surface area contributed by atoms with Crippen molar-refractivity contribution in [2.24, 2.45) is 11.3 Å². The number of carbonyl (C=O) groups is 1. The van der Waals surface area contributed by atoms with Crippen LogP contribution in [0, 0.1) is 25.2 Å². The van der Waals surface area contributed by atoms with Gasteiger partial charge >= 0.3 is 0 Å². The lowest BCUT2D eigenvalue weighted by atomic mass is 9.80. The van der Waals surface area contributed by atoms with E-state index >= 15 is 0 Å². The van der Waals surface area contributed by atoms with Crippen molar-refractivity contribution in [2.45, 2.75) is 54.5 Å². The first kappa shape index (κ1) is 16.3. The lowest BCUT2D eigenvalue weighted by Gasteiger charge is -2.27. The van der Waals surface area contributed by atoms with Gasteiger partial charge in [0.05, 0.1) is 6.54 Å². The number of nitrogens with zero attached hydrogens (tertiary/aromatic N) is 2. The fourth-order valence-electron chi connectivity index (χ4n) is 3.54. The first-order valence-corrected chi connectivity index (χ1v) is 8.16. The Labute approximate surface area is 129 Å². The summed E-state index contributed by atoms with van der Waals surface area (Å²) in [4.78, 5) is 14.9. The van der Waals surface area contributed by atoms with Crippen LogP contribution in [0.5, 0.6) is 0 Å². The van der Waals surface area contributed by atoms with Gasteiger partial charge in [0.1, 0.15) is 0 Å². The van der Waals surface area contributed by atoms with Gasteiger partial charge in [0.2, 0.25) is 0 Å². The molecule has 3 nitrogen and oxygen atoms in total. The standard InChI is InChI=1S/C18H30N2O/c1-7-20-13(2)10-16(14(20)3)17(21)12-19-9-8-15(11-19)18(4,5)6/h10,15H,7-9,11-12H2,1-6H3. The maximum absolute atomic E-state index is 12.6. The molecule has 0 aromatic carbocycles. The lowest BCUT2D eigenvalue weighted by molar-refractivity contribution is 0.0937. The molecule has 21 heavy (non-hydrogen) atoms. The van der Waals surface area contributed by atoms with Crippen LogP contribution in [0.2, 0.25) is 0 Å². The normalized spacial score (nSPS) is 20.2. The summed E-state index contributed by atoms with van der Waals surface area (Å²) in [6, 6.07) is 2.05. The molecule has 1 atom stereocenters. The first-order valence-electron chi connectivity index (χ1n) is 8.16. The molecule has 3 heteroatoms. The van der Waals surface area contributed by atoms with Crippen LogP contribution in [0.25, 0.3) is 0 Å². The van der Waals surface area contributed by atoms with E-state index in [0.29, 0.717) is 17.9 Å². The molecule has 1 aliphatic heterocycles. The molecule has 1 aromatic heterocycles. The number of hydrogen-bond acceptors (Lipinski definition) is 2. The highest BCUT2D eigenvalue weighted by Gasteiger charge is 2.32. The number of likely N-dealkylation sites (tertiary alicyclic amines) is 1. The Kier molecular flexibility index (Phi) is 4.62. The van der Waals surface area contributed by atoms with Crippen molar-refractivity contribution in [2.75, 3.05) is 19.6 Å². The molecule has 0 spiro atoms. The lowest BCUT2D eigenvalue weighted by Crippen LogP contribution is -2.30. The molecule has 0 bridgehead atoms. The number of Topliss-reactive ketones (excluding diaryl/α,β-unsaturated/α-hetero) is 1. The molecule has 1 unspecified atom stereocenters. The number of aryl methyl sites for hydroxylation is 1. The minimum atomic E-state index is 0.275. The van der Waals surface area contributed by atoms with Crippen molar-refractivity contribution < 1.29 is 4.79 Å². The van der Waals surface area contributed by atoms with E-state index in [1.807, 2.05) is 0 Å². The molecule has 0 amide bonds.